The van der Waals surface area contributed by atoms with Crippen molar-refractivity contribution in [2.45, 2.75) is 25.9 Å². The minimum Gasteiger partial charge on any atom is -0.493 e. The van der Waals surface area contributed by atoms with Crippen molar-refractivity contribution in [1.82, 2.24) is 14.5 Å². The predicted octanol–water partition coefficient (Wildman–Crippen LogP) is 2.46. The van der Waals surface area contributed by atoms with Gasteiger partial charge in [-0.05, 0) is 23.9 Å². The molecule has 0 aliphatic heterocycles. The fraction of sp³-hybridized carbons (Fsp3) is 0.364. The van der Waals surface area contributed by atoms with Crippen molar-refractivity contribution in [2.24, 2.45) is 0 Å². The van der Waals surface area contributed by atoms with Crippen LogP contribution in [-0.4, -0.2) is 54.2 Å². The number of aromatic nitrogens is 2. The van der Waals surface area contributed by atoms with Crippen LogP contribution in [0.2, 0.25) is 0 Å². The molecule has 2 aromatic heterocycles. The Morgan fingerprint density at radius 3 is 2.62 bits per heavy atom. The number of aryl methyl sites for hydroxylation is 1. The molecule has 3 rings (SSSR count). The van der Waals surface area contributed by atoms with Gasteiger partial charge >= 0.3 is 5.97 Å². The number of ether oxygens (including phenoxy) is 3. The number of hydrogen-bond acceptors (Lipinski definition) is 8. The largest absolute Gasteiger partial charge is 0.493 e. The molecule has 0 saturated heterocycles. The van der Waals surface area contributed by atoms with E-state index >= 15 is 0 Å². The summed E-state index contributed by atoms with van der Waals surface area (Å²) in [5.41, 5.74) is 0.253. The first kappa shape index (κ1) is 23.3. The van der Waals surface area contributed by atoms with Crippen LogP contribution in [0, 0.1) is 0 Å². The molecular weight excluding hydrogens is 434 g/mol. The Balaban J connectivity index is 1.51. The van der Waals surface area contributed by atoms with Gasteiger partial charge in [0.15, 0.2) is 18.1 Å². The molecule has 0 spiro atoms. The second-order valence-electron chi connectivity index (χ2n) is 7.06. The van der Waals surface area contributed by atoms with Crippen molar-refractivity contribution in [3.8, 4) is 11.5 Å². The van der Waals surface area contributed by atoms with Crippen molar-refractivity contribution in [3.05, 3.63) is 51.2 Å². The fourth-order valence-electron chi connectivity index (χ4n) is 3.09. The van der Waals surface area contributed by atoms with Gasteiger partial charge in [-0.15, -0.1) is 11.3 Å². The first-order valence-electron chi connectivity index (χ1n) is 9.96. The number of nitrogens with zero attached hydrogens (tertiary/aromatic N) is 3. The molecule has 32 heavy (non-hydrogen) atoms. The SMILES string of the molecule is COc1cc2ncn(CCCC(=O)OCC(=O)N(C)Cc3cccs3)c(=O)c2cc1OC. The third kappa shape index (κ3) is 5.64. The maximum Gasteiger partial charge on any atom is 0.306 e. The summed E-state index contributed by atoms with van der Waals surface area (Å²) in [6.07, 6.45) is 1.89. The summed E-state index contributed by atoms with van der Waals surface area (Å²) >= 11 is 1.56. The molecule has 10 heteroatoms. The van der Waals surface area contributed by atoms with Crippen molar-refractivity contribution in [1.29, 1.82) is 0 Å². The fourth-order valence-corrected chi connectivity index (χ4v) is 3.84. The maximum atomic E-state index is 12.8. The smallest absolute Gasteiger partial charge is 0.306 e. The van der Waals surface area contributed by atoms with E-state index in [0.29, 0.717) is 35.4 Å². The van der Waals surface area contributed by atoms with Gasteiger partial charge in [0.05, 0.1) is 38.0 Å². The molecule has 0 saturated carbocycles. The molecule has 0 atom stereocenters. The average Bonchev–Trinajstić information content (AvgIpc) is 3.31. The third-order valence-electron chi connectivity index (χ3n) is 4.86. The molecule has 0 radical (unpaired) electrons. The number of amides is 1. The molecule has 0 fully saturated rings. The molecule has 0 N–H and O–H groups in total. The van der Waals surface area contributed by atoms with Gasteiger partial charge in [0.25, 0.3) is 11.5 Å². The van der Waals surface area contributed by atoms with Gasteiger partial charge in [-0.2, -0.15) is 0 Å². The van der Waals surface area contributed by atoms with Gasteiger partial charge in [0.1, 0.15) is 0 Å². The number of thiophene rings is 1. The number of fused-ring (bicyclic) bond motifs is 1. The number of carbonyl (C=O) groups is 2. The summed E-state index contributed by atoms with van der Waals surface area (Å²) in [6.45, 7) is 0.458. The highest BCUT2D eigenvalue weighted by Gasteiger charge is 2.14. The van der Waals surface area contributed by atoms with Crippen LogP contribution in [0.4, 0.5) is 0 Å². The number of likely N-dealkylation sites (N-methyl/N-ethyl adjacent to an activating group) is 1. The van der Waals surface area contributed by atoms with E-state index in [-0.39, 0.29) is 31.0 Å². The summed E-state index contributed by atoms with van der Waals surface area (Å²) in [5.74, 6) is 0.166. The molecular formula is C22H25N3O6S. The molecule has 2 heterocycles. The van der Waals surface area contributed by atoms with E-state index in [1.807, 2.05) is 17.5 Å². The average molecular weight is 460 g/mol. The van der Waals surface area contributed by atoms with Crippen LogP contribution in [0.3, 0.4) is 0 Å². The molecule has 170 valence electrons. The van der Waals surface area contributed by atoms with Crippen LogP contribution in [0.1, 0.15) is 17.7 Å². The van der Waals surface area contributed by atoms with E-state index in [4.69, 9.17) is 14.2 Å². The lowest BCUT2D eigenvalue weighted by Crippen LogP contribution is -2.30. The Labute approximate surface area is 189 Å². The van der Waals surface area contributed by atoms with E-state index in [1.54, 1.807) is 30.5 Å². The van der Waals surface area contributed by atoms with Gasteiger partial charge in [0, 0.05) is 31.0 Å². The number of rotatable bonds is 10. The van der Waals surface area contributed by atoms with Crippen LogP contribution >= 0.6 is 11.3 Å². The Morgan fingerprint density at radius 1 is 1.19 bits per heavy atom. The van der Waals surface area contributed by atoms with Gasteiger partial charge < -0.3 is 19.1 Å². The normalized spacial score (nSPS) is 10.7. The first-order valence-corrected chi connectivity index (χ1v) is 10.8. The molecule has 9 nitrogen and oxygen atoms in total. The minimum absolute atomic E-state index is 0.0817. The monoisotopic (exact) mass is 459 g/mol. The quantitative estimate of drug-likeness (QED) is 0.429. The van der Waals surface area contributed by atoms with Gasteiger partial charge in [0.2, 0.25) is 0 Å². The Morgan fingerprint density at radius 2 is 1.94 bits per heavy atom. The zero-order valence-corrected chi connectivity index (χ0v) is 19.0. The highest BCUT2D eigenvalue weighted by molar-refractivity contribution is 7.09. The summed E-state index contributed by atoms with van der Waals surface area (Å²) in [6, 6.07) is 7.09. The summed E-state index contributed by atoms with van der Waals surface area (Å²) in [5, 5.41) is 2.34. The van der Waals surface area contributed by atoms with Crippen molar-refractivity contribution in [3.63, 3.8) is 0 Å². The number of hydrogen-bond donors (Lipinski definition) is 0. The van der Waals surface area contributed by atoms with Crippen molar-refractivity contribution >= 4 is 34.1 Å². The number of esters is 1. The van der Waals surface area contributed by atoms with Crippen LogP contribution in [0.5, 0.6) is 11.5 Å². The van der Waals surface area contributed by atoms with Gasteiger partial charge in [-0.3, -0.25) is 19.0 Å². The number of benzene rings is 1. The van der Waals surface area contributed by atoms with Crippen LogP contribution < -0.4 is 15.0 Å². The van der Waals surface area contributed by atoms with Crippen molar-refractivity contribution < 1.29 is 23.8 Å². The van der Waals surface area contributed by atoms with E-state index in [9.17, 15) is 14.4 Å². The van der Waals surface area contributed by atoms with Crippen molar-refractivity contribution in [2.75, 3.05) is 27.9 Å². The Hall–Kier alpha value is -3.40. The zero-order chi connectivity index (χ0) is 23.1. The lowest BCUT2D eigenvalue weighted by Gasteiger charge is -2.16. The second kappa shape index (κ2) is 10.8. The molecule has 0 unspecified atom stereocenters. The maximum absolute atomic E-state index is 12.8. The van der Waals surface area contributed by atoms with Crippen LogP contribution in [0.25, 0.3) is 10.9 Å². The molecule has 0 bridgehead atoms. The third-order valence-corrected chi connectivity index (χ3v) is 5.73. The topological polar surface area (TPSA) is 100.0 Å². The number of methoxy groups -OCH3 is 2. The molecule has 0 aliphatic carbocycles. The molecule has 1 aromatic carbocycles. The Kier molecular flexibility index (Phi) is 7.82. The van der Waals surface area contributed by atoms with E-state index in [0.717, 1.165) is 4.88 Å². The minimum atomic E-state index is -0.490. The highest BCUT2D eigenvalue weighted by Crippen LogP contribution is 2.29. The number of carbonyl (C=O) groups excluding carboxylic acids is 2. The summed E-state index contributed by atoms with van der Waals surface area (Å²) < 4.78 is 17.0. The lowest BCUT2D eigenvalue weighted by molar-refractivity contribution is -0.151. The molecule has 1 amide bonds. The lowest BCUT2D eigenvalue weighted by atomic mass is 10.2. The van der Waals surface area contributed by atoms with E-state index < -0.39 is 5.97 Å². The van der Waals surface area contributed by atoms with Crippen LogP contribution in [-0.2, 0) is 27.4 Å². The highest BCUT2D eigenvalue weighted by atomic mass is 32.1. The summed E-state index contributed by atoms with van der Waals surface area (Å²) in [4.78, 5) is 43.7. The predicted molar refractivity (Wildman–Crippen MR) is 120 cm³/mol. The zero-order valence-electron chi connectivity index (χ0n) is 18.2. The van der Waals surface area contributed by atoms with Gasteiger partial charge in [-0.1, -0.05) is 6.07 Å². The van der Waals surface area contributed by atoms with E-state index in [1.165, 1.54) is 30.0 Å². The first-order chi connectivity index (χ1) is 15.4. The molecule has 0 aliphatic rings. The van der Waals surface area contributed by atoms with E-state index in [2.05, 4.69) is 4.98 Å². The van der Waals surface area contributed by atoms with Crippen LogP contribution in [0.15, 0.2) is 40.8 Å². The molecule has 3 aromatic rings. The summed E-state index contributed by atoms with van der Waals surface area (Å²) in [7, 11) is 4.67. The second-order valence-corrected chi connectivity index (χ2v) is 8.09. The Bertz CT molecular complexity index is 1140. The standard InChI is InChI=1S/C22H25N3O6S/c1-24(12-15-6-5-9-32-15)20(26)13-31-21(27)7-4-8-25-14-23-17-11-19(30-3)18(29-2)10-16(17)22(25)28/h5-6,9-11,14H,4,7-8,12-13H2,1-3H3. The van der Waals surface area contributed by atoms with Gasteiger partial charge in [-0.25, -0.2) is 4.98 Å².